The predicted molar refractivity (Wildman–Crippen MR) is 57.1 cm³/mol. The van der Waals surface area contributed by atoms with Crippen LogP contribution in [-0.4, -0.2) is 18.2 Å². The number of aromatic carboxylic acids is 1. The van der Waals surface area contributed by atoms with Crippen LogP contribution in [0.15, 0.2) is 18.2 Å². The van der Waals surface area contributed by atoms with Crippen molar-refractivity contribution in [2.75, 3.05) is 7.11 Å². The quantitative estimate of drug-likeness (QED) is 0.761. The lowest BCUT2D eigenvalue weighted by molar-refractivity contribution is 0.0697. The molecule has 0 aliphatic heterocycles. The van der Waals surface area contributed by atoms with Gasteiger partial charge in [0.25, 0.3) is 0 Å². The van der Waals surface area contributed by atoms with Crippen LogP contribution in [-0.2, 0) is 0 Å². The fourth-order valence-corrected chi connectivity index (χ4v) is 1.12. The zero-order valence-corrected chi connectivity index (χ0v) is 8.65. The Balaban J connectivity index is 3.14. The molecule has 0 radical (unpaired) electrons. The number of methoxy groups -OCH3 is 1. The second-order valence-electron chi connectivity index (χ2n) is 2.86. The highest BCUT2D eigenvalue weighted by Crippen LogP contribution is 2.18. The number of rotatable bonds is 2. The van der Waals surface area contributed by atoms with E-state index >= 15 is 0 Å². The minimum absolute atomic E-state index is 0.0977. The Hall–Kier alpha value is -2.46. The first kappa shape index (κ1) is 11.6. The first-order chi connectivity index (χ1) is 7.69. The second kappa shape index (κ2) is 5.43. The van der Waals surface area contributed by atoms with E-state index in [1.54, 1.807) is 6.07 Å². The normalized spacial score (nSPS) is 8.50. The summed E-state index contributed by atoms with van der Waals surface area (Å²) in [4.78, 5) is 10.7. The fraction of sp³-hybridized carbons (Fsp3) is 0.167. The van der Waals surface area contributed by atoms with Gasteiger partial charge in [-0.25, -0.2) is 4.79 Å². The molecule has 0 saturated heterocycles. The fourth-order valence-electron chi connectivity index (χ4n) is 1.12. The molecule has 0 fully saturated rings. The Morgan fingerprint density at radius 3 is 2.88 bits per heavy atom. The molecule has 1 aromatic rings. The summed E-state index contributed by atoms with van der Waals surface area (Å²) >= 11 is 0. The Kier molecular flexibility index (Phi) is 3.94. The number of carbonyl (C=O) groups is 1. The summed E-state index contributed by atoms with van der Waals surface area (Å²) in [6.07, 6.45) is 0.0977. The summed E-state index contributed by atoms with van der Waals surface area (Å²) < 4.78 is 5.03. The lowest BCUT2D eigenvalue weighted by Crippen LogP contribution is -1.98. The Morgan fingerprint density at radius 2 is 2.31 bits per heavy atom. The van der Waals surface area contributed by atoms with Gasteiger partial charge in [0.05, 0.1) is 30.7 Å². The van der Waals surface area contributed by atoms with Gasteiger partial charge in [-0.3, -0.25) is 0 Å². The standard InChI is InChI=1S/C12H9NO3/c1-16-11-6-5-10(12(14)15)8-9(11)4-2-3-7-13/h5-6,8H,3H2,1H3,(H,14,15). The molecule has 0 amide bonds. The van der Waals surface area contributed by atoms with Crippen molar-refractivity contribution < 1.29 is 14.6 Å². The van der Waals surface area contributed by atoms with Gasteiger partial charge in [-0.05, 0) is 18.2 Å². The molecule has 0 aliphatic rings. The largest absolute Gasteiger partial charge is 0.495 e. The van der Waals surface area contributed by atoms with E-state index in [0.29, 0.717) is 11.3 Å². The molecule has 1 rings (SSSR count). The average Bonchev–Trinajstić information content (AvgIpc) is 2.29. The van der Waals surface area contributed by atoms with Crippen LogP contribution >= 0.6 is 0 Å². The zero-order valence-electron chi connectivity index (χ0n) is 8.65. The number of hydrogen-bond donors (Lipinski definition) is 1. The van der Waals surface area contributed by atoms with Crippen LogP contribution < -0.4 is 4.74 Å². The monoisotopic (exact) mass is 215 g/mol. The van der Waals surface area contributed by atoms with Crippen LogP contribution in [0.3, 0.4) is 0 Å². The molecule has 1 aromatic carbocycles. The van der Waals surface area contributed by atoms with Crippen molar-refractivity contribution in [3.8, 4) is 23.7 Å². The highest BCUT2D eigenvalue weighted by molar-refractivity contribution is 5.88. The van der Waals surface area contributed by atoms with Gasteiger partial charge in [0, 0.05) is 0 Å². The number of carboxylic acid groups (broad SMARTS) is 1. The molecule has 0 aromatic heterocycles. The third kappa shape index (κ3) is 2.76. The molecular formula is C12H9NO3. The van der Waals surface area contributed by atoms with Crippen molar-refractivity contribution in [1.82, 2.24) is 0 Å². The maximum atomic E-state index is 10.7. The lowest BCUT2D eigenvalue weighted by atomic mass is 10.1. The highest BCUT2D eigenvalue weighted by Gasteiger charge is 2.06. The molecule has 0 atom stereocenters. The van der Waals surface area contributed by atoms with E-state index in [0.717, 1.165) is 0 Å². The number of carboxylic acids is 1. The molecule has 16 heavy (non-hydrogen) atoms. The van der Waals surface area contributed by atoms with Crippen LogP contribution in [0.2, 0.25) is 0 Å². The first-order valence-corrected chi connectivity index (χ1v) is 4.46. The number of hydrogen-bond acceptors (Lipinski definition) is 3. The number of nitrogens with zero attached hydrogens (tertiary/aromatic N) is 1. The smallest absolute Gasteiger partial charge is 0.335 e. The molecule has 4 heteroatoms. The van der Waals surface area contributed by atoms with E-state index < -0.39 is 5.97 Å². The summed E-state index contributed by atoms with van der Waals surface area (Å²) in [6, 6.07) is 6.29. The molecule has 0 saturated carbocycles. The molecular weight excluding hydrogens is 206 g/mol. The molecule has 0 unspecified atom stereocenters. The van der Waals surface area contributed by atoms with Gasteiger partial charge in [0.2, 0.25) is 0 Å². The van der Waals surface area contributed by atoms with Gasteiger partial charge in [-0.15, -0.1) is 0 Å². The minimum Gasteiger partial charge on any atom is -0.495 e. The molecule has 0 bridgehead atoms. The number of nitriles is 1. The third-order valence-corrected chi connectivity index (χ3v) is 1.84. The molecule has 0 spiro atoms. The van der Waals surface area contributed by atoms with E-state index in [-0.39, 0.29) is 12.0 Å². The van der Waals surface area contributed by atoms with E-state index in [9.17, 15) is 4.79 Å². The van der Waals surface area contributed by atoms with Crippen molar-refractivity contribution in [1.29, 1.82) is 5.26 Å². The lowest BCUT2D eigenvalue weighted by Gasteiger charge is -2.03. The zero-order chi connectivity index (χ0) is 12.0. The van der Waals surface area contributed by atoms with Crippen LogP contribution in [0.5, 0.6) is 5.75 Å². The van der Waals surface area contributed by atoms with Gasteiger partial charge < -0.3 is 9.84 Å². The second-order valence-corrected chi connectivity index (χ2v) is 2.86. The maximum Gasteiger partial charge on any atom is 0.335 e. The van der Waals surface area contributed by atoms with E-state index in [2.05, 4.69) is 11.8 Å². The van der Waals surface area contributed by atoms with Gasteiger partial charge in [-0.1, -0.05) is 11.8 Å². The van der Waals surface area contributed by atoms with Gasteiger partial charge in [0.15, 0.2) is 0 Å². The summed E-state index contributed by atoms with van der Waals surface area (Å²) in [7, 11) is 1.48. The van der Waals surface area contributed by atoms with Crippen molar-refractivity contribution in [3.63, 3.8) is 0 Å². The third-order valence-electron chi connectivity index (χ3n) is 1.84. The topological polar surface area (TPSA) is 70.3 Å². The van der Waals surface area contributed by atoms with Crippen LogP contribution in [0.25, 0.3) is 0 Å². The number of ether oxygens (including phenoxy) is 1. The number of benzene rings is 1. The SMILES string of the molecule is COc1ccc(C(=O)O)cc1C#CCC#N. The summed E-state index contributed by atoms with van der Waals surface area (Å²) in [5.74, 6) is 4.78. The Labute approximate surface area is 93.1 Å². The van der Waals surface area contributed by atoms with E-state index in [1.807, 2.05) is 6.07 Å². The van der Waals surface area contributed by atoms with Crippen LogP contribution in [0.1, 0.15) is 22.3 Å². The molecule has 4 nitrogen and oxygen atoms in total. The molecule has 0 heterocycles. The van der Waals surface area contributed by atoms with Gasteiger partial charge >= 0.3 is 5.97 Å². The Bertz CT molecular complexity index is 503. The van der Waals surface area contributed by atoms with Crippen LogP contribution in [0, 0.1) is 23.2 Å². The highest BCUT2D eigenvalue weighted by atomic mass is 16.5. The maximum absolute atomic E-state index is 10.7. The molecule has 0 aliphatic carbocycles. The summed E-state index contributed by atoms with van der Waals surface area (Å²) in [5, 5.41) is 17.1. The van der Waals surface area contributed by atoms with Gasteiger partial charge in [0.1, 0.15) is 5.75 Å². The van der Waals surface area contributed by atoms with Crippen molar-refractivity contribution in [2.45, 2.75) is 6.42 Å². The van der Waals surface area contributed by atoms with E-state index in [1.165, 1.54) is 19.2 Å². The van der Waals surface area contributed by atoms with E-state index in [4.69, 9.17) is 15.1 Å². The van der Waals surface area contributed by atoms with Crippen molar-refractivity contribution in [3.05, 3.63) is 29.3 Å². The summed E-state index contributed by atoms with van der Waals surface area (Å²) in [6.45, 7) is 0. The first-order valence-electron chi connectivity index (χ1n) is 4.46. The summed E-state index contributed by atoms with van der Waals surface area (Å²) in [5.41, 5.74) is 0.611. The molecule has 1 N–H and O–H groups in total. The van der Waals surface area contributed by atoms with Crippen LogP contribution in [0.4, 0.5) is 0 Å². The Morgan fingerprint density at radius 1 is 1.56 bits per heavy atom. The van der Waals surface area contributed by atoms with Crippen molar-refractivity contribution in [2.24, 2.45) is 0 Å². The van der Waals surface area contributed by atoms with Crippen molar-refractivity contribution >= 4 is 5.97 Å². The van der Waals surface area contributed by atoms with Gasteiger partial charge in [-0.2, -0.15) is 5.26 Å². The average molecular weight is 215 g/mol. The molecule has 80 valence electrons. The minimum atomic E-state index is -1.02. The predicted octanol–water partition coefficient (Wildman–Crippen LogP) is 1.66.